The first-order chi connectivity index (χ1) is 30.0. The van der Waals surface area contributed by atoms with Crippen LogP contribution in [0.15, 0.2) is 65.1 Å². The number of H-pyrrole nitrogens is 1. The Hall–Kier alpha value is -7.15. The number of ketones is 1. The SMILES string of the molecule is CC(=O)OC[C@]12CCC(C)=C[C@H]1O[C@@H]1[C@H](OC(=O)c3ccc(C(=O)CNC(=O)c4ccc(NCc5cnc6nc(N)[nH]c(=O)c6n5)cc4)cc3C(=O)O)[C@@H](C)[C@@]2(C)[C@]12CO2.O=C=O. The van der Waals surface area contributed by atoms with Gasteiger partial charge < -0.3 is 40.4 Å². The summed E-state index contributed by atoms with van der Waals surface area (Å²) >= 11 is 0. The standard InChI is InChI=1S/C42H43N7O11.CO2/c1-20-11-12-41(18-57-22(3)50)30(13-20)59-33-32(21(2)40(41,4)42(33)19-58-42)60-38(56)27-10-7-24(14-28(27)37(54)55)29(51)17-46-35(52)23-5-8-25(9-6-23)44-15-26-16-45-34-31(47-26)36(53)49-39(43)48-34;2-1-3/h5-10,13-14,16,21,30,32-33,44H,11-12,15,17-19H2,1-4H3,(H,46,52)(H,54,55)(H3,43,45,48,49,53);/t21-,30-,32-,33-,40-,41-,42+;/m1./s1. The van der Waals surface area contributed by atoms with E-state index in [1.165, 1.54) is 25.3 Å². The molecule has 4 aliphatic rings. The van der Waals surface area contributed by atoms with Gasteiger partial charge in [0.25, 0.3) is 11.5 Å². The molecule has 3 fully saturated rings. The first-order valence-corrected chi connectivity index (χ1v) is 19.8. The maximum absolute atomic E-state index is 13.9. The molecule has 0 unspecified atom stereocenters. The van der Waals surface area contributed by atoms with Crippen LogP contribution in [0.25, 0.3) is 11.2 Å². The minimum Gasteiger partial charge on any atom is -0.478 e. The van der Waals surface area contributed by atoms with Crippen LogP contribution in [-0.2, 0) is 39.9 Å². The van der Waals surface area contributed by atoms with E-state index in [2.05, 4.69) is 37.5 Å². The van der Waals surface area contributed by atoms with Gasteiger partial charge in [0.15, 0.2) is 16.9 Å². The Balaban J connectivity index is 0.00000193. The van der Waals surface area contributed by atoms with Gasteiger partial charge >= 0.3 is 24.1 Å². The Bertz CT molecular complexity index is 2660. The van der Waals surface area contributed by atoms with E-state index < -0.39 is 82.0 Å². The molecule has 20 nitrogen and oxygen atoms in total. The number of amides is 1. The van der Waals surface area contributed by atoms with Crippen LogP contribution in [0.1, 0.15) is 87.7 Å². The van der Waals surface area contributed by atoms with Crippen molar-refractivity contribution in [1.82, 2.24) is 25.3 Å². The number of carbonyl (C=O) groups is 5. The van der Waals surface area contributed by atoms with E-state index in [-0.39, 0.29) is 59.0 Å². The third-order valence-corrected chi connectivity index (χ3v) is 12.9. The van der Waals surface area contributed by atoms with Crippen LogP contribution in [0, 0.1) is 16.7 Å². The molecular weight excluding hydrogens is 823 g/mol. The van der Waals surface area contributed by atoms with Crippen LogP contribution in [0.5, 0.6) is 0 Å². The molecule has 328 valence electrons. The summed E-state index contributed by atoms with van der Waals surface area (Å²) in [7, 11) is 0. The summed E-state index contributed by atoms with van der Waals surface area (Å²) < 4.78 is 24.7. The van der Waals surface area contributed by atoms with E-state index >= 15 is 0 Å². The number of Topliss-reactive ketones (excluding diaryl/α,β-unsaturated/α-hetero) is 1. The monoisotopic (exact) mass is 865 g/mol. The maximum atomic E-state index is 13.9. The topological polar surface area (TPSA) is 302 Å². The zero-order chi connectivity index (χ0) is 45.4. The van der Waals surface area contributed by atoms with Gasteiger partial charge in [0.1, 0.15) is 24.4 Å². The molecule has 1 amide bonds. The molecular formula is C43H43N7O13. The van der Waals surface area contributed by atoms with E-state index in [4.69, 9.17) is 34.3 Å². The quantitative estimate of drug-likeness (QED) is 0.0592. The number of carboxylic acid groups (broad SMARTS) is 1. The van der Waals surface area contributed by atoms with E-state index in [0.29, 0.717) is 24.4 Å². The lowest BCUT2D eigenvalue weighted by molar-refractivity contribution is -0.225. The molecule has 1 saturated carbocycles. The predicted molar refractivity (Wildman–Crippen MR) is 217 cm³/mol. The highest BCUT2D eigenvalue weighted by atomic mass is 16.7. The van der Waals surface area contributed by atoms with Crippen molar-refractivity contribution < 1.29 is 57.6 Å². The van der Waals surface area contributed by atoms with Gasteiger partial charge in [0, 0.05) is 40.5 Å². The summed E-state index contributed by atoms with van der Waals surface area (Å²) in [6.45, 7) is 7.64. The van der Waals surface area contributed by atoms with Crippen LogP contribution in [0.3, 0.4) is 0 Å². The van der Waals surface area contributed by atoms with Crippen molar-refractivity contribution in [3.05, 3.63) is 98.6 Å². The third kappa shape index (κ3) is 7.83. The fraction of sp³-hybridized carbons (Fsp3) is 0.395. The van der Waals surface area contributed by atoms with Gasteiger partial charge in [-0.1, -0.05) is 31.6 Å². The molecule has 0 radical (unpaired) electrons. The van der Waals surface area contributed by atoms with Gasteiger partial charge in [0.05, 0.1) is 48.8 Å². The number of rotatable bonds is 12. The number of aromatic amines is 1. The summed E-state index contributed by atoms with van der Waals surface area (Å²) in [5.41, 5.74) is 4.85. The first-order valence-electron chi connectivity index (χ1n) is 19.8. The fourth-order valence-corrected chi connectivity index (χ4v) is 9.40. The summed E-state index contributed by atoms with van der Waals surface area (Å²) in [5.74, 6) is -4.32. The number of aromatic carboxylic acids is 1. The summed E-state index contributed by atoms with van der Waals surface area (Å²) in [6.07, 6.45) is 3.27. The largest absolute Gasteiger partial charge is 0.478 e. The number of nitrogens with one attached hydrogen (secondary N) is 3. The number of hydrogen-bond donors (Lipinski definition) is 5. The molecule has 4 heterocycles. The number of allylic oxidation sites excluding steroid dienone is 1. The number of ether oxygens (including phenoxy) is 4. The number of carboxylic acids is 1. The van der Waals surface area contributed by atoms with Crippen molar-refractivity contribution in [2.75, 3.05) is 30.8 Å². The molecule has 2 aromatic heterocycles. The van der Waals surface area contributed by atoms with Crippen molar-refractivity contribution in [2.24, 2.45) is 16.7 Å². The molecule has 1 spiro atoms. The molecule has 2 bridgehead atoms. The summed E-state index contributed by atoms with van der Waals surface area (Å²) in [5, 5.41) is 15.8. The number of nitrogens with zero attached hydrogens (tertiary/aromatic N) is 3. The van der Waals surface area contributed by atoms with Crippen LogP contribution in [0.4, 0.5) is 11.6 Å². The Labute approximate surface area is 358 Å². The highest BCUT2D eigenvalue weighted by molar-refractivity contribution is 6.07. The minimum absolute atomic E-state index is 0.0354. The number of hydrogen-bond acceptors (Lipinski definition) is 17. The first kappa shape index (κ1) is 43.9. The van der Waals surface area contributed by atoms with Gasteiger partial charge in [-0.25, -0.2) is 19.6 Å². The zero-order valence-corrected chi connectivity index (χ0v) is 34.5. The second kappa shape index (κ2) is 17.0. The zero-order valence-electron chi connectivity index (χ0n) is 34.5. The molecule has 6 N–H and O–H groups in total. The van der Waals surface area contributed by atoms with Gasteiger partial charge in [-0.3, -0.25) is 24.2 Å². The van der Waals surface area contributed by atoms with Crippen LogP contribution in [-0.4, -0.2) is 104 Å². The van der Waals surface area contributed by atoms with Gasteiger partial charge in [-0.05, 0) is 56.2 Å². The van der Waals surface area contributed by atoms with E-state index in [9.17, 15) is 33.9 Å². The Kier molecular flexibility index (Phi) is 11.8. The molecule has 63 heavy (non-hydrogen) atoms. The van der Waals surface area contributed by atoms with Crippen molar-refractivity contribution in [3.8, 4) is 0 Å². The molecule has 4 aromatic rings. The van der Waals surface area contributed by atoms with E-state index in [0.717, 1.165) is 18.1 Å². The minimum atomic E-state index is -1.45. The number of benzene rings is 2. The number of fused-ring (bicyclic) bond motifs is 3. The number of nitrogen functional groups attached to an aromatic ring is 1. The average Bonchev–Trinajstić information content (AvgIpc) is 4.05. The normalized spacial score (nSPS) is 26.2. The van der Waals surface area contributed by atoms with E-state index in [1.54, 1.807) is 24.3 Å². The maximum Gasteiger partial charge on any atom is 0.373 e. The van der Waals surface area contributed by atoms with Crippen molar-refractivity contribution >= 4 is 58.5 Å². The van der Waals surface area contributed by atoms with Crippen molar-refractivity contribution in [2.45, 2.75) is 71.0 Å². The molecule has 2 aliphatic carbocycles. The predicted octanol–water partition coefficient (Wildman–Crippen LogP) is 2.64. The molecule has 2 aromatic carbocycles. The molecule has 8 rings (SSSR count). The molecule has 7 atom stereocenters. The number of aromatic nitrogens is 4. The second-order valence-corrected chi connectivity index (χ2v) is 16.1. The van der Waals surface area contributed by atoms with Crippen LogP contribution >= 0.6 is 0 Å². The summed E-state index contributed by atoms with van der Waals surface area (Å²) in [4.78, 5) is 108. The highest BCUT2D eigenvalue weighted by Gasteiger charge is 2.84. The molecule has 2 aliphatic heterocycles. The number of epoxide rings is 1. The lowest BCUT2D eigenvalue weighted by Gasteiger charge is -2.58. The second-order valence-electron chi connectivity index (χ2n) is 16.1. The summed E-state index contributed by atoms with van der Waals surface area (Å²) in [6, 6.07) is 10.0. The van der Waals surface area contributed by atoms with Crippen LogP contribution in [0.2, 0.25) is 0 Å². The number of nitrogens with two attached hydrogens (primary N) is 1. The van der Waals surface area contributed by atoms with Gasteiger partial charge in [0.2, 0.25) is 5.95 Å². The lowest BCUT2D eigenvalue weighted by atomic mass is 9.50. The van der Waals surface area contributed by atoms with E-state index in [1.807, 2.05) is 19.9 Å². The average molecular weight is 866 g/mol. The number of esters is 2. The van der Waals surface area contributed by atoms with Gasteiger partial charge in [-0.2, -0.15) is 14.6 Å². The Morgan fingerprint density at radius 2 is 1.76 bits per heavy atom. The number of anilines is 2. The third-order valence-electron chi connectivity index (χ3n) is 12.9. The fourth-order valence-electron chi connectivity index (χ4n) is 9.40. The Morgan fingerprint density at radius 1 is 1.06 bits per heavy atom. The lowest BCUT2D eigenvalue weighted by Crippen LogP contribution is -2.65. The Morgan fingerprint density at radius 3 is 2.43 bits per heavy atom. The van der Waals surface area contributed by atoms with Gasteiger partial charge in [-0.15, -0.1) is 0 Å². The molecule has 20 heteroatoms. The molecule has 2 saturated heterocycles. The van der Waals surface area contributed by atoms with Crippen LogP contribution < -0.4 is 21.9 Å². The highest BCUT2D eigenvalue weighted by Crippen LogP contribution is 2.73. The van der Waals surface area contributed by atoms with Crippen molar-refractivity contribution in [1.29, 1.82) is 0 Å². The smallest absolute Gasteiger partial charge is 0.373 e. The number of carbonyl (C=O) groups excluding carboxylic acids is 6. The van der Waals surface area contributed by atoms with Crippen molar-refractivity contribution in [3.63, 3.8) is 0 Å².